The van der Waals surface area contributed by atoms with Crippen molar-refractivity contribution < 1.29 is 5.11 Å². The second-order valence-electron chi connectivity index (χ2n) is 5.47. The van der Waals surface area contributed by atoms with Gasteiger partial charge in [0.2, 0.25) is 0 Å². The summed E-state index contributed by atoms with van der Waals surface area (Å²) < 4.78 is 0. The summed E-state index contributed by atoms with van der Waals surface area (Å²) in [7, 11) is 0. The molecule has 0 atom stereocenters. The third kappa shape index (κ3) is 4.60. The van der Waals surface area contributed by atoms with E-state index in [0.29, 0.717) is 6.04 Å². The second kappa shape index (κ2) is 7.63. The van der Waals surface area contributed by atoms with Crippen molar-refractivity contribution in [3.63, 3.8) is 0 Å². The van der Waals surface area contributed by atoms with Crippen LogP contribution in [0.25, 0.3) is 0 Å². The molecule has 1 aromatic rings. The van der Waals surface area contributed by atoms with E-state index in [9.17, 15) is 0 Å². The van der Waals surface area contributed by atoms with Crippen molar-refractivity contribution >= 4 is 0 Å². The first-order chi connectivity index (χ1) is 9.31. The summed E-state index contributed by atoms with van der Waals surface area (Å²) in [5.74, 6) is 0. The van der Waals surface area contributed by atoms with Crippen molar-refractivity contribution in [2.45, 2.75) is 45.4 Å². The molecule has 0 amide bonds. The van der Waals surface area contributed by atoms with Gasteiger partial charge in [-0.2, -0.15) is 0 Å². The van der Waals surface area contributed by atoms with Crippen LogP contribution in [0.1, 0.15) is 37.3 Å². The van der Waals surface area contributed by atoms with Gasteiger partial charge in [-0.05, 0) is 50.0 Å². The lowest BCUT2D eigenvalue weighted by Crippen LogP contribution is -2.42. The lowest BCUT2D eigenvalue weighted by Gasteiger charge is -2.32. The summed E-state index contributed by atoms with van der Waals surface area (Å²) in [6, 6.07) is 8.86. The third-order valence-electron chi connectivity index (χ3n) is 3.93. The Morgan fingerprint density at radius 3 is 2.37 bits per heavy atom. The molecule has 1 heterocycles. The Balaban J connectivity index is 1.71. The van der Waals surface area contributed by atoms with Gasteiger partial charge >= 0.3 is 0 Å². The van der Waals surface area contributed by atoms with Crippen molar-refractivity contribution in [2.75, 3.05) is 19.6 Å². The zero-order chi connectivity index (χ0) is 13.5. The maximum Gasteiger partial charge on any atom is 0.0681 e. The van der Waals surface area contributed by atoms with Gasteiger partial charge in [-0.25, -0.2) is 0 Å². The van der Waals surface area contributed by atoms with Gasteiger partial charge < -0.3 is 15.3 Å². The minimum atomic E-state index is 0.129. The van der Waals surface area contributed by atoms with Crippen LogP contribution in [0.4, 0.5) is 0 Å². The molecule has 1 fully saturated rings. The number of benzene rings is 1. The quantitative estimate of drug-likeness (QED) is 0.824. The van der Waals surface area contributed by atoms with Crippen LogP contribution in [0, 0.1) is 0 Å². The standard InChI is InChI=1S/C16H26N2O/c1-2-9-18-10-7-16(8-11-18)17-12-14-3-5-15(13-19)6-4-14/h3-6,16-17,19H,2,7-13H2,1H3. The molecule has 2 rings (SSSR count). The lowest BCUT2D eigenvalue weighted by molar-refractivity contribution is 0.197. The normalized spacial score (nSPS) is 17.8. The van der Waals surface area contributed by atoms with Gasteiger partial charge in [0.05, 0.1) is 6.61 Å². The van der Waals surface area contributed by atoms with Gasteiger partial charge in [0.15, 0.2) is 0 Å². The first-order valence-corrected chi connectivity index (χ1v) is 7.46. The van der Waals surface area contributed by atoms with E-state index in [0.717, 1.165) is 12.1 Å². The SMILES string of the molecule is CCCN1CCC(NCc2ccc(CO)cc2)CC1. The highest BCUT2D eigenvalue weighted by molar-refractivity contribution is 5.21. The molecule has 0 radical (unpaired) electrons. The maximum atomic E-state index is 9.01. The van der Waals surface area contributed by atoms with E-state index in [4.69, 9.17) is 5.11 Å². The molecule has 0 saturated carbocycles. The predicted molar refractivity (Wildman–Crippen MR) is 79.0 cm³/mol. The van der Waals surface area contributed by atoms with Crippen molar-refractivity contribution in [1.82, 2.24) is 10.2 Å². The van der Waals surface area contributed by atoms with Crippen LogP contribution >= 0.6 is 0 Å². The average molecular weight is 262 g/mol. The maximum absolute atomic E-state index is 9.01. The van der Waals surface area contributed by atoms with Crippen molar-refractivity contribution in [3.8, 4) is 0 Å². The van der Waals surface area contributed by atoms with E-state index in [1.807, 2.05) is 12.1 Å². The first kappa shape index (κ1) is 14.5. The number of nitrogens with zero attached hydrogens (tertiary/aromatic N) is 1. The Bertz CT molecular complexity index is 356. The van der Waals surface area contributed by atoms with Gasteiger partial charge in [0.25, 0.3) is 0 Å². The monoisotopic (exact) mass is 262 g/mol. The highest BCUT2D eigenvalue weighted by Crippen LogP contribution is 2.12. The fraction of sp³-hybridized carbons (Fsp3) is 0.625. The van der Waals surface area contributed by atoms with Crippen molar-refractivity contribution in [3.05, 3.63) is 35.4 Å². The summed E-state index contributed by atoms with van der Waals surface area (Å²) in [5, 5.41) is 12.7. The minimum absolute atomic E-state index is 0.129. The predicted octanol–water partition coefficient (Wildman–Crippen LogP) is 2.14. The van der Waals surface area contributed by atoms with Crippen molar-refractivity contribution in [1.29, 1.82) is 0 Å². The number of hydrogen-bond acceptors (Lipinski definition) is 3. The third-order valence-corrected chi connectivity index (χ3v) is 3.93. The number of likely N-dealkylation sites (tertiary alicyclic amines) is 1. The summed E-state index contributed by atoms with van der Waals surface area (Å²) in [4.78, 5) is 2.56. The van der Waals surface area contributed by atoms with E-state index in [1.165, 1.54) is 44.5 Å². The Morgan fingerprint density at radius 2 is 1.79 bits per heavy atom. The van der Waals surface area contributed by atoms with E-state index in [2.05, 4.69) is 29.3 Å². The number of rotatable bonds is 6. The molecule has 1 aliphatic heterocycles. The van der Waals surface area contributed by atoms with Gasteiger partial charge in [0.1, 0.15) is 0 Å². The number of hydrogen-bond donors (Lipinski definition) is 2. The lowest BCUT2D eigenvalue weighted by atomic mass is 10.0. The molecule has 0 spiro atoms. The molecule has 1 aliphatic rings. The summed E-state index contributed by atoms with van der Waals surface area (Å²) in [5.41, 5.74) is 2.28. The van der Waals surface area contributed by atoms with Crippen LogP contribution in [0.3, 0.4) is 0 Å². The first-order valence-electron chi connectivity index (χ1n) is 7.46. The molecule has 0 aliphatic carbocycles. The largest absolute Gasteiger partial charge is 0.392 e. The Hall–Kier alpha value is -0.900. The molecule has 2 N–H and O–H groups in total. The average Bonchev–Trinajstić information content (AvgIpc) is 2.47. The molecule has 0 unspecified atom stereocenters. The molecule has 19 heavy (non-hydrogen) atoms. The number of aliphatic hydroxyl groups excluding tert-OH is 1. The molecule has 0 aromatic heterocycles. The Kier molecular flexibility index (Phi) is 5.83. The van der Waals surface area contributed by atoms with Gasteiger partial charge in [-0.1, -0.05) is 31.2 Å². The van der Waals surface area contributed by atoms with Gasteiger partial charge in [-0.3, -0.25) is 0 Å². The molecule has 1 saturated heterocycles. The highest BCUT2D eigenvalue weighted by Gasteiger charge is 2.17. The van der Waals surface area contributed by atoms with Gasteiger partial charge in [0, 0.05) is 12.6 Å². The van der Waals surface area contributed by atoms with Gasteiger partial charge in [-0.15, -0.1) is 0 Å². The van der Waals surface area contributed by atoms with Crippen LogP contribution in [0.5, 0.6) is 0 Å². The van der Waals surface area contributed by atoms with Crippen molar-refractivity contribution in [2.24, 2.45) is 0 Å². The van der Waals surface area contributed by atoms with Crippen LogP contribution < -0.4 is 5.32 Å². The molecule has 1 aromatic carbocycles. The fourth-order valence-electron chi connectivity index (χ4n) is 2.70. The number of nitrogens with one attached hydrogen (secondary N) is 1. The summed E-state index contributed by atoms with van der Waals surface area (Å²) in [6.45, 7) is 7.02. The zero-order valence-corrected chi connectivity index (χ0v) is 11.9. The molecular formula is C16H26N2O. The second-order valence-corrected chi connectivity index (χ2v) is 5.47. The molecule has 3 nitrogen and oxygen atoms in total. The molecule has 0 bridgehead atoms. The number of piperidine rings is 1. The van der Waals surface area contributed by atoms with Crippen LogP contribution in [0.2, 0.25) is 0 Å². The molecule has 106 valence electrons. The summed E-state index contributed by atoms with van der Waals surface area (Å²) >= 11 is 0. The van der Waals surface area contributed by atoms with E-state index in [1.54, 1.807) is 0 Å². The Morgan fingerprint density at radius 1 is 1.16 bits per heavy atom. The minimum Gasteiger partial charge on any atom is -0.392 e. The van der Waals surface area contributed by atoms with Crippen LogP contribution in [-0.4, -0.2) is 35.7 Å². The van der Waals surface area contributed by atoms with E-state index in [-0.39, 0.29) is 6.61 Å². The molecular weight excluding hydrogens is 236 g/mol. The number of aliphatic hydroxyl groups is 1. The zero-order valence-electron chi connectivity index (χ0n) is 11.9. The van der Waals surface area contributed by atoms with Crippen LogP contribution in [-0.2, 0) is 13.2 Å². The van der Waals surface area contributed by atoms with E-state index < -0.39 is 0 Å². The van der Waals surface area contributed by atoms with Crippen LogP contribution in [0.15, 0.2) is 24.3 Å². The topological polar surface area (TPSA) is 35.5 Å². The summed E-state index contributed by atoms with van der Waals surface area (Å²) in [6.07, 6.45) is 3.78. The molecule has 3 heteroatoms. The smallest absolute Gasteiger partial charge is 0.0681 e. The highest BCUT2D eigenvalue weighted by atomic mass is 16.3. The van der Waals surface area contributed by atoms with E-state index >= 15 is 0 Å². The Labute approximate surface area is 116 Å². The fourth-order valence-corrected chi connectivity index (χ4v) is 2.70.